The molecule has 4 rings (SSSR count). The van der Waals surface area contributed by atoms with Gasteiger partial charge in [0.2, 0.25) is 0 Å². The maximum atomic E-state index is 13.1. The van der Waals surface area contributed by atoms with Crippen LogP contribution in [-0.4, -0.2) is 20.4 Å². The Morgan fingerprint density at radius 1 is 1.09 bits per heavy atom. The number of H-pyrrole nitrogens is 1. The van der Waals surface area contributed by atoms with E-state index in [9.17, 15) is 14.4 Å². The Bertz CT molecular complexity index is 1380. The number of hydrogen-bond acceptors (Lipinski definition) is 4. The molecule has 0 spiro atoms. The Labute approximate surface area is 188 Å². The zero-order valence-electron chi connectivity index (χ0n) is 17.3. The second-order valence-corrected chi connectivity index (χ2v) is 7.81. The number of aryl methyl sites for hydroxylation is 1. The Morgan fingerprint density at radius 3 is 2.47 bits per heavy atom. The molecule has 2 heterocycles. The molecule has 1 unspecified atom stereocenters. The smallest absolute Gasteiger partial charge is 0.329 e. The predicted molar refractivity (Wildman–Crippen MR) is 124 cm³/mol. The lowest BCUT2D eigenvalue weighted by atomic mass is 9.98. The predicted octanol–water partition coefficient (Wildman–Crippen LogP) is 3.67. The van der Waals surface area contributed by atoms with Gasteiger partial charge in [-0.05, 0) is 35.7 Å². The Balaban J connectivity index is 1.73. The van der Waals surface area contributed by atoms with E-state index in [0.717, 1.165) is 11.1 Å². The maximum Gasteiger partial charge on any atom is 0.329 e. The average Bonchev–Trinajstić information content (AvgIpc) is 2.81. The van der Waals surface area contributed by atoms with Gasteiger partial charge in [0, 0.05) is 17.8 Å². The number of rotatable bonds is 6. The van der Waals surface area contributed by atoms with Crippen LogP contribution in [0.25, 0.3) is 11.0 Å². The van der Waals surface area contributed by atoms with Gasteiger partial charge in [0.05, 0.1) is 17.0 Å². The number of benzene rings is 2. The highest BCUT2D eigenvalue weighted by Gasteiger charge is 2.19. The summed E-state index contributed by atoms with van der Waals surface area (Å²) < 4.78 is 1.40. The molecule has 1 amide bonds. The van der Waals surface area contributed by atoms with Crippen molar-refractivity contribution in [1.82, 2.24) is 19.9 Å². The molecule has 32 heavy (non-hydrogen) atoms. The first-order chi connectivity index (χ1) is 15.5. The normalized spacial score (nSPS) is 11.9. The van der Waals surface area contributed by atoms with Crippen LogP contribution in [0.3, 0.4) is 0 Å². The van der Waals surface area contributed by atoms with Gasteiger partial charge in [-0.15, -0.1) is 0 Å². The van der Waals surface area contributed by atoms with Crippen LogP contribution in [0.4, 0.5) is 0 Å². The van der Waals surface area contributed by atoms with Crippen LogP contribution >= 0.6 is 11.6 Å². The Kier molecular flexibility index (Phi) is 6.18. The number of amides is 1. The number of aromatic amines is 1. The van der Waals surface area contributed by atoms with Gasteiger partial charge in [0.1, 0.15) is 5.65 Å². The van der Waals surface area contributed by atoms with E-state index in [1.165, 1.54) is 16.8 Å². The lowest BCUT2D eigenvalue weighted by Crippen LogP contribution is -2.32. The van der Waals surface area contributed by atoms with Crippen molar-refractivity contribution in [1.29, 1.82) is 0 Å². The SMILES string of the molecule is CCCn1c(=O)[nH]c(=O)c2cc(C(=O)NC(c3ccccc3)c3ccc(Cl)cc3)cnc21. The van der Waals surface area contributed by atoms with Gasteiger partial charge in [-0.1, -0.05) is 61.0 Å². The molecule has 2 N–H and O–H groups in total. The number of carbonyl (C=O) groups is 1. The van der Waals surface area contributed by atoms with E-state index >= 15 is 0 Å². The standard InChI is InChI=1S/C24H21ClN4O3/c1-2-12-29-21-19(23(31)28-24(29)32)13-17(14-26-21)22(30)27-20(15-6-4-3-5-7-15)16-8-10-18(25)11-9-16/h3-11,13-14,20H,2,12H2,1H3,(H,27,30)(H,28,31,32). The van der Waals surface area contributed by atoms with E-state index in [2.05, 4.69) is 15.3 Å². The Hall–Kier alpha value is -3.71. The van der Waals surface area contributed by atoms with Crippen molar-refractivity contribution < 1.29 is 4.79 Å². The summed E-state index contributed by atoms with van der Waals surface area (Å²) >= 11 is 6.03. The minimum absolute atomic E-state index is 0.188. The molecular weight excluding hydrogens is 428 g/mol. The highest BCUT2D eigenvalue weighted by Crippen LogP contribution is 2.24. The summed E-state index contributed by atoms with van der Waals surface area (Å²) in [6, 6.07) is 17.8. The maximum absolute atomic E-state index is 13.1. The summed E-state index contributed by atoms with van der Waals surface area (Å²) in [5, 5.41) is 3.81. The molecule has 0 aliphatic rings. The van der Waals surface area contributed by atoms with Gasteiger partial charge in [-0.25, -0.2) is 9.78 Å². The van der Waals surface area contributed by atoms with Crippen molar-refractivity contribution >= 4 is 28.5 Å². The molecule has 7 nitrogen and oxygen atoms in total. The van der Waals surface area contributed by atoms with Gasteiger partial charge in [0.15, 0.2) is 0 Å². The molecule has 0 fully saturated rings. The third-order valence-electron chi connectivity index (χ3n) is 5.15. The van der Waals surface area contributed by atoms with E-state index in [1.54, 1.807) is 12.1 Å². The topological polar surface area (TPSA) is 96.9 Å². The second-order valence-electron chi connectivity index (χ2n) is 7.37. The third kappa shape index (κ3) is 4.33. The van der Waals surface area contributed by atoms with Gasteiger partial charge < -0.3 is 5.32 Å². The molecular formula is C24H21ClN4O3. The van der Waals surface area contributed by atoms with E-state index in [1.807, 2.05) is 49.4 Å². The van der Waals surface area contributed by atoms with Crippen molar-refractivity contribution in [3.63, 3.8) is 0 Å². The average molecular weight is 449 g/mol. The zero-order valence-corrected chi connectivity index (χ0v) is 18.1. The fourth-order valence-corrected chi connectivity index (χ4v) is 3.72. The minimum Gasteiger partial charge on any atom is -0.341 e. The number of fused-ring (bicyclic) bond motifs is 1. The number of halogens is 1. The van der Waals surface area contributed by atoms with Gasteiger partial charge >= 0.3 is 5.69 Å². The molecule has 0 aliphatic carbocycles. The molecule has 0 aliphatic heterocycles. The van der Waals surface area contributed by atoms with Crippen molar-refractivity contribution in [3.05, 3.63) is 109 Å². The molecule has 4 aromatic rings. The first kappa shape index (κ1) is 21.5. The minimum atomic E-state index is -0.572. The Morgan fingerprint density at radius 2 is 1.78 bits per heavy atom. The van der Waals surface area contributed by atoms with E-state index < -0.39 is 23.2 Å². The summed E-state index contributed by atoms with van der Waals surface area (Å²) in [4.78, 5) is 44.2. The summed E-state index contributed by atoms with van der Waals surface area (Å²) in [7, 11) is 0. The molecule has 8 heteroatoms. The van der Waals surface area contributed by atoms with Crippen LogP contribution in [0.1, 0.15) is 40.9 Å². The van der Waals surface area contributed by atoms with Crippen molar-refractivity contribution in [2.45, 2.75) is 25.9 Å². The fraction of sp³-hybridized carbons (Fsp3) is 0.167. The van der Waals surface area contributed by atoms with Gasteiger partial charge in [-0.2, -0.15) is 0 Å². The first-order valence-electron chi connectivity index (χ1n) is 10.2. The van der Waals surface area contributed by atoms with E-state index in [4.69, 9.17) is 11.6 Å². The van der Waals surface area contributed by atoms with Crippen LogP contribution in [0, 0.1) is 0 Å². The van der Waals surface area contributed by atoms with Crippen LogP contribution in [0.2, 0.25) is 5.02 Å². The molecule has 2 aromatic heterocycles. The fourth-order valence-electron chi connectivity index (χ4n) is 3.60. The highest BCUT2D eigenvalue weighted by molar-refractivity contribution is 6.30. The monoisotopic (exact) mass is 448 g/mol. The summed E-state index contributed by atoms with van der Waals surface area (Å²) in [6.45, 7) is 2.34. The second kappa shape index (κ2) is 9.20. The molecule has 0 saturated heterocycles. The number of nitrogens with one attached hydrogen (secondary N) is 2. The number of nitrogens with zero attached hydrogens (tertiary/aromatic N) is 2. The number of carbonyl (C=O) groups excluding carboxylic acids is 1. The molecule has 162 valence electrons. The quantitative estimate of drug-likeness (QED) is 0.470. The first-order valence-corrected chi connectivity index (χ1v) is 10.6. The summed E-state index contributed by atoms with van der Waals surface area (Å²) in [6.07, 6.45) is 2.08. The van der Waals surface area contributed by atoms with Crippen molar-refractivity contribution in [3.8, 4) is 0 Å². The molecule has 0 bridgehead atoms. The highest BCUT2D eigenvalue weighted by atomic mass is 35.5. The van der Waals surface area contributed by atoms with Crippen LogP contribution < -0.4 is 16.6 Å². The van der Waals surface area contributed by atoms with Crippen LogP contribution in [0.5, 0.6) is 0 Å². The number of aromatic nitrogens is 3. The van der Waals surface area contributed by atoms with Crippen LogP contribution in [0.15, 0.2) is 76.4 Å². The zero-order chi connectivity index (χ0) is 22.7. The van der Waals surface area contributed by atoms with Crippen LogP contribution in [-0.2, 0) is 6.54 Å². The molecule has 0 radical (unpaired) electrons. The lowest BCUT2D eigenvalue weighted by Gasteiger charge is -2.20. The van der Waals surface area contributed by atoms with Gasteiger partial charge in [-0.3, -0.25) is 19.1 Å². The third-order valence-corrected chi connectivity index (χ3v) is 5.41. The number of pyridine rings is 1. The van der Waals surface area contributed by atoms with Gasteiger partial charge in [0.25, 0.3) is 11.5 Å². The molecule has 0 saturated carbocycles. The molecule has 2 aromatic carbocycles. The lowest BCUT2D eigenvalue weighted by molar-refractivity contribution is 0.0942. The van der Waals surface area contributed by atoms with E-state index in [-0.39, 0.29) is 16.6 Å². The summed E-state index contributed by atoms with van der Waals surface area (Å²) in [5.41, 5.74) is 1.15. The largest absolute Gasteiger partial charge is 0.341 e. The molecule has 1 atom stereocenters. The van der Waals surface area contributed by atoms with E-state index in [0.29, 0.717) is 18.0 Å². The summed E-state index contributed by atoms with van der Waals surface area (Å²) in [5.74, 6) is -0.393. The van der Waals surface area contributed by atoms with Crippen molar-refractivity contribution in [2.75, 3.05) is 0 Å². The van der Waals surface area contributed by atoms with Crippen molar-refractivity contribution in [2.24, 2.45) is 0 Å². The number of hydrogen-bond donors (Lipinski definition) is 2.